The summed E-state index contributed by atoms with van der Waals surface area (Å²) >= 11 is 0. The molecule has 170 valence electrons. The number of hydrogen-bond acceptors (Lipinski definition) is 3. The van der Waals surface area contributed by atoms with Gasteiger partial charge in [0, 0.05) is 31.3 Å². The van der Waals surface area contributed by atoms with Gasteiger partial charge in [0.25, 0.3) is 0 Å². The Hall–Kier alpha value is -2.29. The molecule has 31 heavy (non-hydrogen) atoms. The molecule has 0 aromatic heterocycles. The number of nitrogens with zero attached hydrogens (tertiary/aromatic N) is 1. The third-order valence-electron chi connectivity index (χ3n) is 4.32. The van der Waals surface area contributed by atoms with E-state index < -0.39 is 0 Å². The number of amides is 1. The van der Waals surface area contributed by atoms with E-state index >= 15 is 0 Å². The lowest BCUT2D eigenvalue weighted by Gasteiger charge is -2.15. The highest BCUT2D eigenvalue weighted by Crippen LogP contribution is 2.22. The molecule has 2 rings (SSSR count). The highest BCUT2D eigenvalue weighted by atomic mass is 127. The van der Waals surface area contributed by atoms with Gasteiger partial charge in [0.05, 0.1) is 12.6 Å². The summed E-state index contributed by atoms with van der Waals surface area (Å²) in [6.07, 6.45) is 0.981. The number of benzene rings is 2. The van der Waals surface area contributed by atoms with Gasteiger partial charge in [-0.05, 0) is 63.4 Å². The van der Waals surface area contributed by atoms with E-state index in [1.54, 1.807) is 0 Å². The van der Waals surface area contributed by atoms with Crippen molar-refractivity contribution in [3.8, 4) is 5.75 Å². The molecule has 0 spiro atoms. The average Bonchev–Trinajstić information content (AvgIpc) is 2.67. The Balaban J connectivity index is 0.00000480. The fourth-order valence-electron chi connectivity index (χ4n) is 2.95. The van der Waals surface area contributed by atoms with E-state index in [1.807, 2.05) is 38.1 Å². The lowest BCUT2D eigenvalue weighted by atomic mass is 10.1. The van der Waals surface area contributed by atoms with Crippen LogP contribution < -0.4 is 20.7 Å². The Labute approximate surface area is 203 Å². The molecule has 3 N–H and O–H groups in total. The minimum absolute atomic E-state index is 0. The maximum absolute atomic E-state index is 11.1. The summed E-state index contributed by atoms with van der Waals surface area (Å²) in [6, 6.07) is 14.1. The van der Waals surface area contributed by atoms with Crippen LogP contribution in [0, 0.1) is 6.92 Å². The number of hydrogen-bond donors (Lipinski definition) is 3. The van der Waals surface area contributed by atoms with E-state index in [0.717, 1.165) is 42.5 Å². The van der Waals surface area contributed by atoms with E-state index in [9.17, 15) is 4.79 Å². The second kappa shape index (κ2) is 13.9. The summed E-state index contributed by atoms with van der Waals surface area (Å²) < 4.78 is 5.95. The van der Waals surface area contributed by atoms with Crippen molar-refractivity contribution in [2.24, 2.45) is 4.99 Å². The molecule has 0 aliphatic rings. The number of aryl methyl sites for hydroxylation is 1. The molecule has 0 aliphatic carbocycles. The van der Waals surface area contributed by atoms with Gasteiger partial charge in [0.15, 0.2) is 5.96 Å². The van der Waals surface area contributed by atoms with E-state index in [-0.39, 0.29) is 36.0 Å². The smallest absolute Gasteiger partial charge is 0.221 e. The topological polar surface area (TPSA) is 74.8 Å². The van der Waals surface area contributed by atoms with Crippen LogP contribution in [0.15, 0.2) is 47.5 Å². The van der Waals surface area contributed by atoms with Crippen LogP contribution in [0.4, 0.5) is 5.69 Å². The van der Waals surface area contributed by atoms with Crippen LogP contribution in [-0.4, -0.2) is 31.1 Å². The lowest BCUT2D eigenvalue weighted by molar-refractivity contribution is -0.114. The first-order valence-electron chi connectivity index (χ1n) is 10.5. The molecule has 2 aromatic rings. The van der Waals surface area contributed by atoms with Crippen molar-refractivity contribution >= 4 is 41.5 Å². The number of carbonyl (C=O) groups excluding carboxylic acids is 1. The minimum atomic E-state index is -0.0635. The van der Waals surface area contributed by atoms with Gasteiger partial charge in [0.1, 0.15) is 5.75 Å². The quantitative estimate of drug-likeness (QED) is 0.247. The molecule has 2 aromatic carbocycles. The first kappa shape index (κ1) is 26.7. The van der Waals surface area contributed by atoms with E-state index in [4.69, 9.17) is 9.73 Å². The van der Waals surface area contributed by atoms with Gasteiger partial charge in [-0.25, -0.2) is 4.99 Å². The average molecular weight is 538 g/mol. The maximum atomic E-state index is 11.1. The molecule has 7 heteroatoms. The Morgan fingerprint density at radius 1 is 1.10 bits per heavy atom. The van der Waals surface area contributed by atoms with Crippen LogP contribution in [0.2, 0.25) is 0 Å². The fraction of sp³-hybridized carbons (Fsp3) is 0.417. The number of guanidine groups is 1. The number of halogens is 1. The number of nitrogens with one attached hydrogen (secondary N) is 3. The molecular formula is C24H35IN4O2. The summed E-state index contributed by atoms with van der Waals surface area (Å²) in [7, 11) is 0. The fourth-order valence-corrected chi connectivity index (χ4v) is 2.95. The third-order valence-corrected chi connectivity index (χ3v) is 4.32. The Kier molecular flexibility index (Phi) is 12.0. The second-order valence-corrected chi connectivity index (χ2v) is 7.53. The molecule has 0 saturated heterocycles. The normalized spacial score (nSPS) is 11.0. The van der Waals surface area contributed by atoms with Crippen molar-refractivity contribution in [2.75, 3.05) is 18.4 Å². The molecule has 0 atom stereocenters. The van der Waals surface area contributed by atoms with Crippen LogP contribution in [-0.2, 0) is 17.8 Å². The van der Waals surface area contributed by atoms with E-state index in [1.165, 1.54) is 18.1 Å². The van der Waals surface area contributed by atoms with E-state index in [2.05, 4.69) is 48.0 Å². The summed E-state index contributed by atoms with van der Waals surface area (Å²) in [5, 5.41) is 9.46. The molecule has 1 amide bonds. The van der Waals surface area contributed by atoms with Crippen LogP contribution >= 0.6 is 24.0 Å². The van der Waals surface area contributed by atoms with Crippen LogP contribution in [0.5, 0.6) is 5.75 Å². The molecule has 0 fully saturated rings. The summed E-state index contributed by atoms with van der Waals surface area (Å²) in [5.41, 5.74) is 4.25. The zero-order chi connectivity index (χ0) is 21.9. The van der Waals surface area contributed by atoms with Crippen molar-refractivity contribution in [3.63, 3.8) is 0 Å². The van der Waals surface area contributed by atoms with Gasteiger partial charge < -0.3 is 20.7 Å². The van der Waals surface area contributed by atoms with Crippen LogP contribution in [0.1, 0.15) is 44.4 Å². The second-order valence-electron chi connectivity index (χ2n) is 7.53. The Morgan fingerprint density at radius 2 is 1.81 bits per heavy atom. The first-order valence-corrected chi connectivity index (χ1v) is 10.5. The molecule has 0 bridgehead atoms. The predicted molar refractivity (Wildman–Crippen MR) is 140 cm³/mol. The number of ether oxygens (including phenoxy) is 1. The zero-order valence-corrected chi connectivity index (χ0v) is 21.4. The molecule has 6 nitrogen and oxygen atoms in total. The molecule has 0 heterocycles. The van der Waals surface area contributed by atoms with Gasteiger partial charge in [-0.1, -0.05) is 24.3 Å². The highest BCUT2D eigenvalue weighted by molar-refractivity contribution is 14.0. The van der Waals surface area contributed by atoms with Crippen LogP contribution in [0.25, 0.3) is 0 Å². The third kappa shape index (κ3) is 10.0. The maximum Gasteiger partial charge on any atom is 0.221 e. The lowest BCUT2D eigenvalue weighted by Crippen LogP contribution is -2.38. The Bertz CT molecular complexity index is 851. The van der Waals surface area contributed by atoms with Crippen LogP contribution in [0.3, 0.4) is 0 Å². The number of anilines is 1. The highest BCUT2D eigenvalue weighted by Gasteiger charge is 2.07. The molecular weight excluding hydrogens is 503 g/mol. The molecule has 0 unspecified atom stereocenters. The summed E-state index contributed by atoms with van der Waals surface area (Å²) in [4.78, 5) is 15.8. The summed E-state index contributed by atoms with van der Waals surface area (Å²) in [5.74, 6) is 1.61. The largest absolute Gasteiger partial charge is 0.491 e. The van der Waals surface area contributed by atoms with Gasteiger partial charge in [-0.15, -0.1) is 24.0 Å². The Morgan fingerprint density at radius 3 is 2.42 bits per heavy atom. The number of rotatable bonds is 9. The molecule has 0 aliphatic heterocycles. The standard InChI is InChI=1S/C24H34N4O2.HI/c1-6-25-24(26-14-13-20-8-11-22(12-9-20)28-19(5)29)27-16-21-10-7-18(4)15-23(21)30-17(2)3;/h7-12,15,17H,6,13-14,16H2,1-5H3,(H,28,29)(H2,25,26,27);1H. The summed E-state index contributed by atoms with van der Waals surface area (Å²) in [6.45, 7) is 11.8. The SMILES string of the molecule is CCNC(=NCc1ccc(C)cc1OC(C)C)NCCc1ccc(NC(C)=O)cc1.I. The van der Waals surface area contributed by atoms with Gasteiger partial charge in [-0.2, -0.15) is 0 Å². The predicted octanol–water partition coefficient (Wildman–Crippen LogP) is 4.66. The molecule has 0 saturated carbocycles. The molecule has 0 radical (unpaired) electrons. The van der Waals surface area contributed by atoms with E-state index in [0.29, 0.717) is 6.54 Å². The minimum Gasteiger partial charge on any atom is -0.491 e. The van der Waals surface area contributed by atoms with Gasteiger partial charge in [-0.3, -0.25) is 4.79 Å². The zero-order valence-electron chi connectivity index (χ0n) is 19.1. The monoisotopic (exact) mass is 538 g/mol. The first-order chi connectivity index (χ1) is 14.4. The van der Waals surface area contributed by atoms with Crippen molar-refractivity contribution in [1.29, 1.82) is 0 Å². The van der Waals surface area contributed by atoms with Crippen molar-refractivity contribution in [1.82, 2.24) is 10.6 Å². The number of carbonyl (C=O) groups is 1. The van der Waals surface area contributed by atoms with Crippen molar-refractivity contribution in [2.45, 2.75) is 53.7 Å². The number of aliphatic imine (C=N–C) groups is 1. The van der Waals surface area contributed by atoms with Crippen molar-refractivity contribution < 1.29 is 9.53 Å². The van der Waals surface area contributed by atoms with Gasteiger partial charge in [0.2, 0.25) is 5.91 Å². The van der Waals surface area contributed by atoms with Crippen molar-refractivity contribution in [3.05, 3.63) is 59.2 Å². The van der Waals surface area contributed by atoms with Gasteiger partial charge >= 0.3 is 0 Å².